The molecule has 4 atom stereocenters. The van der Waals surface area contributed by atoms with Gasteiger partial charge in [0.1, 0.15) is 17.8 Å². The first-order valence-electron chi connectivity index (χ1n) is 9.67. The molecule has 1 fully saturated rings. The minimum absolute atomic E-state index is 0.156. The number of alkyl carbamates (subject to hydrolysis) is 1. The molecule has 8 nitrogen and oxygen atoms in total. The van der Waals surface area contributed by atoms with Gasteiger partial charge in [0, 0.05) is 12.5 Å². The molecule has 0 saturated carbocycles. The van der Waals surface area contributed by atoms with E-state index >= 15 is 0 Å². The normalized spacial score (nSPS) is 20.8. The monoisotopic (exact) mass is 484 g/mol. The lowest BCUT2D eigenvalue weighted by atomic mass is 9.85. The lowest BCUT2D eigenvalue weighted by Gasteiger charge is -2.34. The minimum atomic E-state index is -0.875. The maximum Gasteiger partial charge on any atom is 0.407 e. The van der Waals surface area contributed by atoms with Crippen LogP contribution in [-0.2, 0) is 19.1 Å². The van der Waals surface area contributed by atoms with Gasteiger partial charge in [0.15, 0.2) is 5.01 Å². The van der Waals surface area contributed by atoms with Gasteiger partial charge in [-0.05, 0) is 39.9 Å². The van der Waals surface area contributed by atoms with Gasteiger partial charge in [-0.15, -0.1) is 0 Å². The van der Waals surface area contributed by atoms with Crippen molar-refractivity contribution >= 4 is 33.9 Å². The zero-order valence-electron chi connectivity index (χ0n) is 17.9. The average molecular weight is 485 g/mol. The summed E-state index contributed by atoms with van der Waals surface area (Å²) >= 11 is 3.54. The molecule has 0 radical (unpaired) electrons. The van der Waals surface area contributed by atoms with Gasteiger partial charge in [-0.25, -0.2) is 9.59 Å². The fourth-order valence-corrected chi connectivity index (χ4v) is 3.98. The summed E-state index contributed by atoms with van der Waals surface area (Å²) in [4.78, 5) is 39.1. The Balaban J connectivity index is 2.23. The summed E-state index contributed by atoms with van der Waals surface area (Å²) in [6.45, 7) is 5.77. The lowest BCUT2D eigenvalue weighted by molar-refractivity contribution is -0.152. The van der Waals surface area contributed by atoms with Crippen molar-refractivity contribution in [3.8, 4) is 5.75 Å². The number of para-hydroxylation sites is 1. The molecule has 1 saturated heterocycles. The second kappa shape index (κ2) is 10.1. The van der Waals surface area contributed by atoms with Gasteiger partial charge < -0.3 is 24.4 Å². The Morgan fingerprint density at radius 2 is 1.77 bits per heavy atom. The first-order valence-corrected chi connectivity index (χ1v) is 10.6. The first kappa shape index (κ1) is 24.0. The Morgan fingerprint density at radius 1 is 1.13 bits per heavy atom. The summed E-state index contributed by atoms with van der Waals surface area (Å²) < 4.78 is 15.5. The van der Waals surface area contributed by atoms with Crippen LogP contribution in [0, 0.1) is 11.3 Å². The molecule has 0 aliphatic carbocycles. The molecule has 1 aliphatic heterocycles. The summed E-state index contributed by atoms with van der Waals surface area (Å²) in [5.74, 6) is -0.350. The second-order valence-electron chi connectivity index (χ2n) is 8.24. The summed E-state index contributed by atoms with van der Waals surface area (Å²) in [5.41, 5.74) is -0.599. The van der Waals surface area contributed by atoms with Crippen molar-refractivity contribution in [2.75, 3.05) is 20.8 Å². The summed E-state index contributed by atoms with van der Waals surface area (Å²) in [6.07, 6.45) is -0.338. The third kappa shape index (κ3) is 5.87. The number of halogens is 1. The Hall–Kier alpha value is -2.29. The van der Waals surface area contributed by atoms with Gasteiger partial charge in [0.25, 0.3) is 0 Å². The van der Waals surface area contributed by atoms with Crippen LogP contribution in [0.2, 0.25) is 0 Å². The number of amides is 2. The molecule has 4 unspecified atom stereocenters. The quantitative estimate of drug-likeness (QED) is 0.492. The number of rotatable bonds is 6. The fraction of sp³-hybridized carbons (Fsp3) is 0.571. The van der Waals surface area contributed by atoms with E-state index in [9.17, 15) is 14.4 Å². The molecule has 2 amide bonds. The van der Waals surface area contributed by atoms with Gasteiger partial charge in [0.05, 0.1) is 14.2 Å². The highest BCUT2D eigenvalue weighted by atomic mass is 79.9. The highest BCUT2D eigenvalue weighted by molar-refractivity contribution is 9.09. The molecular weight excluding hydrogens is 456 g/mol. The van der Waals surface area contributed by atoms with E-state index in [1.807, 2.05) is 51.1 Å². The van der Waals surface area contributed by atoms with Crippen molar-refractivity contribution in [3.05, 3.63) is 30.3 Å². The Kier molecular flexibility index (Phi) is 8.11. The molecule has 0 bridgehead atoms. The number of ether oxygens (including phenoxy) is 3. The molecule has 0 aromatic heterocycles. The summed E-state index contributed by atoms with van der Waals surface area (Å²) in [6, 6.07) is 7.64. The van der Waals surface area contributed by atoms with Crippen LogP contribution in [0.5, 0.6) is 5.75 Å². The fourth-order valence-electron chi connectivity index (χ4n) is 3.38. The highest BCUT2D eigenvalue weighted by Gasteiger charge is 2.47. The van der Waals surface area contributed by atoms with Crippen molar-refractivity contribution in [3.63, 3.8) is 0 Å². The van der Waals surface area contributed by atoms with E-state index in [0.717, 1.165) is 0 Å². The van der Waals surface area contributed by atoms with Crippen molar-refractivity contribution in [1.29, 1.82) is 0 Å². The molecule has 166 valence electrons. The highest BCUT2D eigenvalue weighted by Crippen LogP contribution is 2.33. The number of carbonyl (C=O) groups is 3. The number of carbonyl (C=O) groups excluding carboxylic acids is 3. The van der Waals surface area contributed by atoms with E-state index in [2.05, 4.69) is 26.0 Å². The smallest absolute Gasteiger partial charge is 0.407 e. The van der Waals surface area contributed by atoms with Gasteiger partial charge in [0.2, 0.25) is 5.91 Å². The Morgan fingerprint density at radius 3 is 2.30 bits per heavy atom. The molecule has 2 rings (SSSR count). The van der Waals surface area contributed by atoms with Crippen molar-refractivity contribution < 1.29 is 28.6 Å². The van der Waals surface area contributed by atoms with Crippen molar-refractivity contribution in [2.45, 2.75) is 44.3 Å². The van der Waals surface area contributed by atoms with Crippen LogP contribution in [0.15, 0.2) is 30.3 Å². The number of nitrogens with zero attached hydrogens (tertiary/aromatic N) is 1. The van der Waals surface area contributed by atoms with Crippen molar-refractivity contribution in [2.24, 2.45) is 11.3 Å². The number of methoxy groups -OCH3 is 2. The second-order valence-corrected chi connectivity index (χ2v) is 9.14. The van der Waals surface area contributed by atoms with Gasteiger partial charge in [-0.1, -0.05) is 39.0 Å². The number of hydrogen-bond donors (Lipinski definition) is 1. The predicted molar refractivity (Wildman–Crippen MR) is 114 cm³/mol. The number of esters is 1. The van der Waals surface area contributed by atoms with Crippen LogP contribution in [0.25, 0.3) is 0 Å². The molecule has 0 spiro atoms. The topological polar surface area (TPSA) is 94.2 Å². The Bertz CT molecular complexity index is 752. The SMILES string of the molecule is COC(=O)NC(C(=O)N1CC(C(Br)Oc2ccccc2)CC1C(=O)OC)C(C)(C)C. The van der Waals surface area contributed by atoms with E-state index in [1.165, 1.54) is 19.1 Å². The first-order chi connectivity index (χ1) is 14.1. The minimum Gasteiger partial charge on any atom is -0.479 e. The molecule has 1 aromatic carbocycles. The van der Waals surface area contributed by atoms with E-state index < -0.39 is 34.6 Å². The van der Waals surface area contributed by atoms with Crippen molar-refractivity contribution in [1.82, 2.24) is 10.2 Å². The molecule has 1 heterocycles. The van der Waals surface area contributed by atoms with Crippen LogP contribution in [-0.4, -0.2) is 60.7 Å². The molecule has 1 aliphatic rings. The average Bonchev–Trinajstić information content (AvgIpc) is 3.16. The maximum absolute atomic E-state index is 13.4. The molecule has 1 N–H and O–H groups in total. The summed E-state index contributed by atoms with van der Waals surface area (Å²) in [7, 11) is 2.53. The Labute approximate surface area is 185 Å². The number of nitrogens with one attached hydrogen (secondary N) is 1. The molecule has 9 heteroatoms. The van der Waals surface area contributed by atoms with Gasteiger partial charge >= 0.3 is 12.1 Å². The molecule has 1 aromatic rings. The molecule has 30 heavy (non-hydrogen) atoms. The van der Waals surface area contributed by atoms with Gasteiger partial charge in [-0.3, -0.25) is 4.79 Å². The number of likely N-dealkylation sites (tertiary alicyclic amines) is 1. The maximum atomic E-state index is 13.4. The van der Waals surface area contributed by atoms with Crippen LogP contribution in [0.4, 0.5) is 4.79 Å². The number of hydrogen-bond acceptors (Lipinski definition) is 6. The molecular formula is C21H29BrN2O6. The van der Waals surface area contributed by atoms with E-state index in [1.54, 1.807) is 0 Å². The largest absolute Gasteiger partial charge is 0.479 e. The van der Waals surface area contributed by atoms with E-state index in [4.69, 9.17) is 9.47 Å². The zero-order valence-corrected chi connectivity index (χ0v) is 19.5. The number of benzene rings is 1. The van der Waals surface area contributed by atoms with Crippen LogP contribution < -0.4 is 10.1 Å². The van der Waals surface area contributed by atoms with Crippen LogP contribution >= 0.6 is 15.9 Å². The zero-order chi connectivity index (χ0) is 22.5. The van der Waals surface area contributed by atoms with Crippen LogP contribution in [0.1, 0.15) is 27.2 Å². The predicted octanol–water partition coefficient (Wildman–Crippen LogP) is 2.95. The number of alkyl halides is 1. The standard InChI is InChI=1S/C21H29BrN2O6/c1-21(2,3)16(23-20(27)29-5)18(25)24-12-13(11-15(24)19(26)28-4)17(22)30-14-9-7-6-8-10-14/h6-10,13,15-17H,11-12H2,1-5H3,(H,23,27). The van der Waals surface area contributed by atoms with Crippen LogP contribution in [0.3, 0.4) is 0 Å². The van der Waals surface area contributed by atoms with E-state index in [0.29, 0.717) is 12.2 Å². The van der Waals surface area contributed by atoms with Gasteiger partial charge in [-0.2, -0.15) is 0 Å². The lowest BCUT2D eigenvalue weighted by Crippen LogP contribution is -2.56. The third-order valence-corrected chi connectivity index (χ3v) is 5.95. The van der Waals surface area contributed by atoms with E-state index in [-0.39, 0.29) is 18.4 Å². The third-order valence-electron chi connectivity index (χ3n) is 5.01. The summed E-state index contributed by atoms with van der Waals surface area (Å²) in [5, 5.41) is 2.19.